The maximum Gasteiger partial charge on any atom is 0.223 e. The van der Waals surface area contributed by atoms with Crippen molar-refractivity contribution < 1.29 is 19.1 Å². The molecule has 0 radical (unpaired) electrons. The van der Waals surface area contributed by atoms with Crippen molar-refractivity contribution in [3.05, 3.63) is 0 Å². The van der Waals surface area contributed by atoms with Crippen LogP contribution in [0.2, 0.25) is 0 Å². The van der Waals surface area contributed by atoms with Crippen LogP contribution in [0.15, 0.2) is 0 Å². The third kappa shape index (κ3) is 16.5. The lowest BCUT2D eigenvalue weighted by molar-refractivity contribution is -0.135. The van der Waals surface area contributed by atoms with Crippen LogP contribution < -0.4 is 0 Å². The van der Waals surface area contributed by atoms with E-state index in [9.17, 15) is 14.4 Å². The SMILES string of the molecule is C.C.C.C.CC(C)(C)CC(=O)N1C2CCC1CC2.CC(C)(C)CC(=O)N1CC2CCC1C2.CC(C)(C)CN1CC2CC1CO2.CN(C(=O)CC(C)(C)C)C1CC2CC2C1. The standard InChI is InChI=1S/C13H23NO.2C12H21NO.C10H19NO.4CH4/c1-13(2,3)8-12(15)14(4)11-6-9-5-10(9)7-11;1-12(2,3)7-11(14)13-8-9-4-5-10(13)6-9;1-12(2,3)8-11(14)13-9-4-5-10(13)7-6-9;1-10(2,3)7-11-5-9-4-8(11)6-12-9;;;;/h9-11H,5-8H2,1-4H3;2*9-10H,4-8H2,1-3H3;8-9H,4-7H2,1-3H3;4*1H4. The van der Waals surface area contributed by atoms with Gasteiger partial charge in [0.05, 0.1) is 12.7 Å². The molecule has 0 aromatic heterocycles. The van der Waals surface area contributed by atoms with Crippen molar-refractivity contribution in [3.63, 3.8) is 0 Å². The van der Waals surface area contributed by atoms with Crippen molar-refractivity contribution in [2.75, 3.05) is 33.3 Å². The van der Waals surface area contributed by atoms with Crippen molar-refractivity contribution >= 4 is 17.7 Å². The average Bonchev–Trinajstić information content (AvgIpc) is 3.81. The summed E-state index contributed by atoms with van der Waals surface area (Å²) in [4.78, 5) is 44.9. The molecular weight excluding hydrogens is 733 g/mol. The van der Waals surface area contributed by atoms with Gasteiger partial charge in [-0.05, 0) is 110 Å². The maximum absolute atomic E-state index is 12.0. The van der Waals surface area contributed by atoms with Crippen LogP contribution in [0.4, 0.5) is 0 Å². The zero-order valence-corrected chi connectivity index (χ0v) is 37.8. The van der Waals surface area contributed by atoms with Gasteiger partial charge in [-0.1, -0.05) is 113 Å². The van der Waals surface area contributed by atoms with E-state index >= 15 is 0 Å². The monoisotopic (exact) mass is 833 g/mol. The van der Waals surface area contributed by atoms with Gasteiger partial charge in [0.25, 0.3) is 0 Å². The van der Waals surface area contributed by atoms with Crippen LogP contribution in [-0.2, 0) is 19.1 Å². The first-order chi connectivity index (χ1) is 25.3. The number of piperidine rings is 1. The number of hydrogen-bond acceptors (Lipinski definition) is 5. The van der Waals surface area contributed by atoms with Crippen molar-refractivity contribution in [1.29, 1.82) is 0 Å². The lowest BCUT2D eigenvalue weighted by atomic mass is 9.91. The Labute approximate surface area is 367 Å². The zero-order valence-electron chi connectivity index (χ0n) is 37.8. The molecule has 8 aliphatic rings. The second kappa shape index (κ2) is 21.6. The summed E-state index contributed by atoms with van der Waals surface area (Å²) in [5.41, 5.74) is 0.829. The van der Waals surface area contributed by atoms with Crippen molar-refractivity contribution in [2.24, 2.45) is 39.4 Å². The van der Waals surface area contributed by atoms with Crippen LogP contribution in [0, 0.1) is 39.4 Å². The number of hydrogen-bond donors (Lipinski definition) is 0. The summed E-state index contributed by atoms with van der Waals surface area (Å²) in [6.07, 6.45) is 16.7. The number of ether oxygens (including phenoxy) is 1. The molecule has 3 aliphatic carbocycles. The van der Waals surface area contributed by atoms with Crippen LogP contribution in [0.3, 0.4) is 0 Å². The number of rotatable bonds is 5. The first-order valence-corrected chi connectivity index (χ1v) is 22.6. The topological polar surface area (TPSA) is 73.4 Å². The van der Waals surface area contributed by atoms with Crippen molar-refractivity contribution in [2.45, 2.75) is 239 Å². The summed E-state index contributed by atoms with van der Waals surface area (Å²) in [5.74, 6) is 3.84. The molecule has 3 amide bonds. The fraction of sp³-hybridized carbons (Fsp3) is 0.941. The predicted octanol–water partition coefficient (Wildman–Crippen LogP) is 11.7. The van der Waals surface area contributed by atoms with E-state index in [2.05, 4.69) is 97.8 Å². The zero-order chi connectivity index (χ0) is 40.7. The number of nitrogens with zero attached hydrogens (tertiary/aromatic N) is 4. The number of morpholine rings is 1. The molecule has 0 spiro atoms. The quantitative estimate of drug-likeness (QED) is 0.276. The Morgan fingerprint density at radius 1 is 0.559 bits per heavy atom. The van der Waals surface area contributed by atoms with Gasteiger partial charge in [-0.3, -0.25) is 19.3 Å². The highest BCUT2D eigenvalue weighted by Crippen LogP contribution is 2.53. The summed E-state index contributed by atoms with van der Waals surface area (Å²) in [7, 11) is 1.99. The number of amides is 3. The molecule has 6 bridgehead atoms. The van der Waals surface area contributed by atoms with Crippen molar-refractivity contribution in [3.8, 4) is 0 Å². The molecule has 8 heteroatoms. The van der Waals surface area contributed by atoms with E-state index in [1.165, 1.54) is 83.7 Å². The van der Waals surface area contributed by atoms with Crippen LogP contribution in [0.5, 0.6) is 0 Å². The maximum atomic E-state index is 12.0. The van der Waals surface area contributed by atoms with E-state index in [1.54, 1.807) is 0 Å². The molecule has 5 aliphatic heterocycles. The third-order valence-electron chi connectivity index (χ3n) is 13.4. The van der Waals surface area contributed by atoms with E-state index in [-0.39, 0.29) is 46.0 Å². The summed E-state index contributed by atoms with van der Waals surface area (Å²) in [6.45, 7) is 30.5. The molecule has 6 atom stereocenters. The second-order valence-corrected chi connectivity index (χ2v) is 24.1. The Kier molecular flexibility index (Phi) is 20.3. The van der Waals surface area contributed by atoms with E-state index in [1.807, 2.05) is 11.9 Å². The molecule has 8 fully saturated rings. The first kappa shape index (κ1) is 55.3. The molecule has 0 N–H and O–H groups in total. The lowest BCUT2D eigenvalue weighted by Crippen LogP contribution is -2.41. The number of fused-ring (bicyclic) bond motifs is 7. The predicted molar refractivity (Wildman–Crippen MR) is 251 cm³/mol. The Morgan fingerprint density at radius 3 is 1.44 bits per heavy atom. The van der Waals surface area contributed by atoms with E-state index in [0.717, 1.165) is 36.9 Å². The molecule has 8 nitrogen and oxygen atoms in total. The molecule has 5 heterocycles. The molecule has 0 aromatic rings. The van der Waals surface area contributed by atoms with Gasteiger partial charge < -0.3 is 19.4 Å². The molecule has 3 saturated carbocycles. The second-order valence-electron chi connectivity index (χ2n) is 24.1. The van der Waals surface area contributed by atoms with Gasteiger partial charge in [0.1, 0.15) is 0 Å². The highest BCUT2D eigenvalue weighted by molar-refractivity contribution is 5.78. The molecule has 5 saturated heterocycles. The molecule has 8 rings (SSSR count). The fourth-order valence-electron chi connectivity index (χ4n) is 10.7. The largest absolute Gasteiger partial charge is 0.375 e. The van der Waals surface area contributed by atoms with Crippen LogP contribution in [0.25, 0.3) is 0 Å². The molecule has 6 unspecified atom stereocenters. The normalized spacial score (nSPS) is 30.8. The molecule has 0 aromatic carbocycles. The highest BCUT2D eigenvalue weighted by atomic mass is 16.5. The summed E-state index contributed by atoms with van der Waals surface area (Å²) in [5, 5.41) is 0. The summed E-state index contributed by atoms with van der Waals surface area (Å²) < 4.78 is 5.55. The molecule has 348 valence electrons. The summed E-state index contributed by atoms with van der Waals surface area (Å²) >= 11 is 0. The van der Waals surface area contributed by atoms with Gasteiger partial charge in [-0.2, -0.15) is 0 Å². The minimum Gasteiger partial charge on any atom is -0.375 e. The van der Waals surface area contributed by atoms with Gasteiger partial charge in [0, 0.05) is 76.2 Å². The van der Waals surface area contributed by atoms with Crippen LogP contribution in [-0.4, -0.2) is 107 Å². The Balaban J connectivity index is 0.000000386. The van der Waals surface area contributed by atoms with E-state index in [0.29, 0.717) is 72.7 Å². The lowest BCUT2D eigenvalue weighted by Gasteiger charge is -2.32. The molecular formula is C51H100N4O4. The minimum absolute atomic E-state index is 0. The minimum atomic E-state index is 0. The number of carbonyl (C=O) groups excluding carboxylic acids is 3. The van der Waals surface area contributed by atoms with Gasteiger partial charge in [0.2, 0.25) is 17.7 Å². The van der Waals surface area contributed by atoms with Crippen LogP contribution >= 0.6 is 0 Å². The van der Waals surface area contributed by atoms with E-state index in [4.69, 9.17) is 4.74 Å². The third-order valence-corrected chi connectivity index (χ3v) is 13.4. The van der Waals surface area contributed by atoms with Crippen molar-refractivity contribution in [1.82, 2.24) is 19.6 Å². The van der Waals surface area contributed by atoms with Crippen LogP contribution in [0.1, 0.15) is 203 Å². The summed E-state index contributed by atoms with van der Waals surface area (Å²) in [6, 6.07) is 3.05. The number of likely N-dealkylation sites (tertiary alicyclic amines) is 2. The average molecular weight is 833 g/mol. The Hall–Kier alpha value is -1.67. The Bertz CT molecular complexity index is 1290. The Morgan fingerprint density at radius 2 is 1.05 bits per heavy atom. The van der Waals surface area contributed by atoms with E-state index < -0.39 is 0 Å². The first-order valence-electron chi connectivity index (χ1n) is 22.6. The van der Waals surface area contributed by atoms with Gasteiger partial charge in [-0.15, -0.1) is 0 Å². The smallest absolute Gasteiger partial charge is 0.223 e. The highest BCUT2D eigenvalue weighted by Gasteiger charge is 2.48. The van der Waals surface area contributed by atoms with Gasteiger partial charge in [0.15, 0.2) is 0 Å². The van der Waals surface area contributed by atoms with Gasteiger partial charge >= 0.3 is 0 Å². The molecule has 59 heavy (non-hydrogen) atoms. The fourth-order valence-corrected chi connectivity index (χ4v) is 10.7. The number of carbonyl (C=O) groups is 3. The van der Waals surface area contributed by atoms with Gasteiger partial charge in [-0.25, -0.2) is 0 Å².